The highest BCUT2D eigenvalue weighted by Gasteiger charge is 2.28. The van der Waals surface area contributed by atoms with Gasteiger partial charge in [0.1, 0.15) is 11.5 Å². The number of rotatable bonds is 5. The summed E-state index contributed by atoms with van der Waals surface area (Å²) in [6.07, 6.45) is 2.96. The average Bonchev–Trinajstić information content (AvgIpc) is 2.72. The number of carbonyl (C=O) groups is 1. The van der Waals surface area contributed by atoms with Gasteiger partial charge in [0.2, 0.25) is 5.91 Å². The number of benzene rings is 2. The molecule has 2 heterocycles. The first-order valence-electron chi connectivity index (χ1n) is 9.60. The molecule has 1 amide bonds. The van der Waals surface area contributed by atoms with E-state index in [2.05, 4.69) is 15.3 Å². The third-order valence-corrected chi connectivity index (χ3v) is 5.72. The normalized spacial score (nSPS) is 12.7. The lowest BCUT2D eigenvalue weighted by atomic mass is 9.94. The van der Waals surface area contributed by atoms with Crippen molar-refractivity contribution in [2.24, 2.45) is 0 Å². The van der Waals surface area contributed by atoms with Crippen molar-refractivity contribution < 1.29 is 9.53 Å². The summed E-state index contributed by atoms with van der Waals surface area (Å²) in [5.74, 6) is 1.56. The average molecular weight is 406 g/mol. The monoisotopic (exact) mass is 405 g/mol. The van der Waals surface area contributed by atoms with E-state index in [9.17, 15) is 4.79 Å². The van der Waals surface area contributed by atoms with Gasteiger partial charge in [-0.3, -0.25) is 4.79 Å². The molecule has 0 saturated carbocycles. The van der Waals surface area contributed by atoms with Gasteiger partial charge in [0, 0.05) is 28.9 Å². The van der Waals surface area contributed by atoms with E-state index in [1.807, 2.05) is 68.6 Å². The molecule has 1 N–H and O–H groups in total. The Morgan fingerprint density at radius 1 is 1.00 bits per heavy atom. The maximum absolute atomic E-state index is 12.9. The smallest absolute Gasteiger partial charge is 0.221 e. The number of nitrogens with zero attached hydrogens (tertiary/aromatic N) is 2. The first kappa shape index (κ1) is 19.5. The lowest BCUT2D eigenvalue weighted by molar-refractivity contribution is -0.121. The minimum atomic E-state index is -0.221. The van der Waals surface area contributed by atoms with Gasteiger partial charge < -0.3 is 10.1 Å². The SMILES string of the molecule is CSc1nc(C)c(CCC(=O)NC2c3ccccc3Oc3ccccc32)c(C)n1. The predicted molar refractivity (Wildman–Crippen MR) is 115 cm³/mol. The van der Waals surface area contributed by atoms with Gasteiger partial charge in [0.15, 0.2) is 5.16 Å². The Bertz CT molecular complexity index is 999. The maximum Gasteiger partial charge on any atom is 0.221 e. The number of para-hydroxylation sites is 2. The molecule has 0 atom stereocenters. The van der Waals surface area contributed by atoms with Crippen LogP contribution in [-0.4, -0.2) is 22.1 Å². The molecule has 5 nitrogen and oxygen atoms in total. The molecule has 29 heavy (non-hydrogen) atoms. The minimum absolute atomic E-state index is 0.00532. The highest BCUT2D eigenvalue weighted by atomic mass is 32.2. The second-order valence-corrected chi connectivity index (χ2v) is 7.81. The molecule has 0 aliphatic carbocycles. The Hall–Kier alpha value is -2.86. The number of fused-ring (bicyclic) bond motifs is 2. The van der Waals surface area contributed by atoms with Crippen molar-refractivity contribution in [3.05, 3.63) is 76.6 Å². The zero-order chi connectivity index (χ0) is 20.4. The molecule has 1 aromatic heterocycles. The van der Waals surface area contributed by atoms with Crippen molar-refractivity contribution in [1.82, 2.24) is 15.3 Å². The van der Waals surface area contributed by atoms with Crippen LogP contribution in [0.1, 0.15) is 40.5 Å². The molecule has 0 radical (unpaired) electrons. The summed E-state index contributed by atoms with van der Waals surface area (Å²) >= 11 is 1.53. The van der Waals surface area contributed by atoms with E-state index in [1.165, 1.54) is 11.8 Å². The Morgan fingerprint density at radius 3 is 2.10 bits per heavy atom. The van der Waals surface area contributed by atoms with E-state index in [4.69, 9.17) is 4.74 Å². The van der Waals surface area contributed by atoms with Crippen molar-refractivity contribution in [3.8, 4) is 11.5 Å². The molecule has 0 bridgehead atoms. The van der Waals surface area contributed by atoms with Gasteiger partial charge >= 0.3 is 0 Å². The molecular formula is C23H23N3O2S. The van der Waals surface area contributed by atoms with Gasteiger partial charge in [-0.05, 0) is 44.2 Å². The summed E-state index contributed by atoms with van der Waals surface area (Å²) in [6.45, 7) is 3.96. The summed E-state index contributed by atoms with van der Waals surface area (Å²) in [5.41, 5.74) is 4.87. The Morgan fingerprint density at radius 2 is 1.55 bits per heavy atom. The standard InChI is InChI=1S/C23H23N3O2S/c1-14-16(15(2)25-23(24-14)29-3)12-13-21(27)26-22-17-8-4-6-10-19(17)28-20-11-7-5-9-18(20)22/h4-11,22H,12-13H2,1-3H3,(H,26,27). The lowest BCUT2D eigenvalue weighted by Crippen LogP contribution is -2.31. The number of hydrogen-bond donors (Lipinski definition) is 1. The number of amides is 1. The van der Waals surface area contributed by atoms with Crippen LogP contribution in [-0.2, 0) is 11.2 Å². The molecule has 1 aliphatic rings. The highest BCUT2D eigenvalue weighted by molar-refractivity contribution is 7.98. The second kappa shape index (κ2) is 8.25. The number of ether oxygens (including phenoxy) is 1. The molecule has 148 valence electrons. The third kappa shape index (κ3) is 3.98. The summed E-state index contributed by atoms with van der Waals surface area (Å²) in [6, 6.07) is 15.5. The largest absolute Gasteiger partial charge is 0.457 e. The summed E-state index contributed by atoms with van der Waals surface area (Å²) in [7, 11) is 0. The number of carbonyl (C=O) groups excluding carboxylic acids is 1. The van der Waals surface area contributed by atoms with Crippen molar-refractivity contribution in [2.75, 3.05) is 6.26 Å². The van der Waals surface area contributed by atoms with E-state index < -0.39 is 0 Å². The fraction of sp³-hybridized carbons (Fsp3) is 0.261. The molecular weight excluding hydrogens is 382 g/mol. The molecule has 0 saturated heterocycles. The van der Waals surface area contributed by atoms with Crippen molar-refractivity contribution >= 4 is 17.7 Å². The first-order valence-corrected chi connectivity index (χ1v) is 10.8. The maximum atomic E-state index is 12.9. The fourth-order valence-electron chi connectivity index (χ4n) is 3.70. The van der Waals surface area contributed by atoms with E-state index in [0.717, 1.165) is 44.7 Å². The van der Waals surface area contributed by atoms with Crippen LogP contribution < -0.4 is 10.1 Å². The third-order valence-electron chi connectivity index (χ3n) is 5.17. The zero-order valence-corrected chi connectivity index (χ0v) is 17.5. The van der Waals surface area contributed by atoms with E-state index in [1.54, 1.807) is 0 Å². The topological polar surface area (TPSA) is 64.1 Å². The molecule has 1 aliphatic heterocycles. The number of thioether (sulfide) groups is 1. The number of aryl methyl sites for hydroxylation is 2. The van der Waals surface area contributed by atoms with E-state index >= 15 is 0 Å². The minimum Gasteiger partial charge on any atom is -0.457 e. The summed E-state index contributed by atoms with van der Waals surface area (Å²) < 4.78 is 6.00. The molecule has 0 fully saturated rings. The molecule has 0 spiro atoms. The van der Waals surface area contributed by atoms with Crippen LogP contribution >= 0.6 is 11.8 Å². The fourth-order valence-corrected chi connectivity index (χ4v) is 4.16. The van der Waals surface area contributed by atoms with Gasteiger partial charge in [0.25, 0.3) is 0 Å². The molecule has 4 rings (SSSR count). The molecule has 3 aromatic rings. The van der Waals surface area contributed by atoms with Crippen molar-refractivity contribution in [2.45, 2.75) is 37.9 Å². The quantitative estimate of drug-likeness (QED) is 0.490. The van der Waals surface area contributed by atoms with E-state index in [-0.39, 0.29) is 11.9 Å². The van der Waals surface area contributed by atoms with Gasteiger partial charge in [-0.15, -0.1) is 0 Å². The molecule has 6 heteroatoms. The Balaban J connectivity index is 1.52. The van der Waals surface area contributed by atoms with Gasteiger partial charge in [-0.2, -0.15) is 0 Å². The van der Waals surface area contributed by atoms with Gasteiger partial charge in [0.05, 0.1) is 6.04 Å². The van der Waals surface area contributed by atoms with Crippen LogP contribution in [0.2, 0.25) is 0 Å². The second-order valence-electron chi connectivity index (χ2n) is 7.04. The highest BCUT2D eigenvalue weighted by Crippen LogP contribution is 2.42. The summed E-state index contributed by atoms with van der Waals surface area (Å²) in [4.78, 5) is 21.9. The van der Waals surface area contributed by atoms with Gasteiger partial charge in [-0.25, -0.2) is 9.97 Å². The van der Waals surface area contributed by atoms with E-state index in [0.29, 0.717) is 12.8 Å². The molecule has 2 aromatic carbocycles. The Kier molecular flexibility index (Phi) is 5.53. The number of hydrogen-bond acceptors (Lipinski definition) is 5. The van der Waals surface area contributed by atoms with Crippen LogP contribution in [0.25, 0.3) is 0 Å². The van der Waals surface area contributed by atoms with Crippen LogP contribution in [0.4, 0.5) is 0 Å². The van der Waals surface area contributed by atoms with Crippen LogP contribution in [0, 0.1) is 13.8 Å². The van der Waals surface area contributed by atoms with Crippen LogP contribution in [0.5, 0.6) is 11.5 Å². The first-order chi connectivity index (χ1) is 14.1. The zero-order valence-electron chi connectivity index (χ0n) is 16.7. The number of aromatic nitrogens is 2. The van der Waals surface area contributed by atoms with Crippen molar-refractivity contribution in [3.63, 3.8) is 0 Å². The molecule has 0 unspecified atom stereocenters. The lowest BCUT2D eigenvalue weighted by Gasteiger charge is -2.28. The number of nitrogens with one attached hydrogen (secondary N) is 1. The Labute approximate surface area is 174 Å². The summed E-state index contributed by atoms with van der Waals surface area (Å²) in [5, 5.41) is 3.97. The van der Waals surface area contributed by atoms with Gasteiger partial charge in [-0.1, -0.05) is 48.2 Å². The predicted octanol–water partition coefficient (Wildman–Crippen LogP) is 4.76. The van der Waals surface area contributed by atoms with Crippen molar-refractivity contribution in [1.29, 1.82) is 0 Å². The van der Waals surface area contributed by atoms with Crippen LogP contribution in [0.15, 0.2) is 53.7 Å². The van der Waals surface area contributed by atoms with Crippen LogP contribution in [0.3, 0.4) is 0 Å².